The first kappa shape index (κ1) is 43.8. The summed E-state index contributed by atoms with van der Waals surface area (Å²) in [4.78, 5) is 1.97. The van der Waals surface area contributed by atoms with Crippen molar-refractivity contribution in [2.45, 2.75) is 200 Å². The van der Waals surface area contributed by atoms with E-state index in [2.05, 4.69) is 24.5 Å². The third-order valence-corrected chi connectivity index (χ3v) is 9.22. The molecule has 0 saturated carbocycles. The first-order valence-corrected chi connectivity index (χ1v) is 19.9. The summed E-state index contributed by atoms with van der Waals surface area (Å²) in [5.41, 5.74) is 5.54. The Morgan fingerprint density at radius 1 is 0.432 bits per heavy atom. The third kappa shape index (κ3) is 31.7. The summed E-state index contributed by atoms with van der Waals surface area (Å²) in [6.07, 6.45) is 35.5. The number of hydrogen-bond donors (Lipinski definition) is 5. The minimum Gasteiger partial charge on any atom is -0.353 e. The normalized spacial score (nSPS) is 12.1. The van der Waals surface area contributed by atoms with Gasteiger partial charge in [-0.1, -0.05) is 155 Å². The van der Waals surface area contributed by atoms with E-state index in [9.17, 15) is 10.2 Å². The number of nitrogens with zero attached hydrogens (tertiary/aromatic N) is 1. The van der Waals surface area contributed by atoms with Crippen LogP contribution in [0.25, 0.3) is 0 Å². The maximum absolute atomic E-state index is 11.1. The molecule has 6 N–H and O–H groups in total. The van der Waals surface area contributed by atoms with Crippen LogP contribution in [0.2, 0.25) is 0 Å². The molecule has 0 rings (SSSR count). The highest BCUT2D eigenvalue weighted by atomic mass is 16.5. The number of nitrogens with two attached hydrogens (primary N) is 1. The zero-order valence-corrected chi connectivity index (χ0v) is 30.2. The van der Waals surface area contributed by atoms with Crippen LogP contribution in [0, 0.1) is 0 Å². The van der Waals surface area contributed by atoms with Gasteiger partial charge in [0.15, 0.2) is 0 Å². The quantitative estimate of drug-likeness (QED) is 0.0347. The van der Waals surface area contributed by atoms with E-state index in [0.29, 0.717) is 13.0 Å². The van der Waals surface area contributed by atoms with Gasteiger partial charge in [0, 0.05) is 26.1 Å². The van der Waals surface area contributed by atoms with Gasteiger partial charge in [0.25, 0.3) is 0 Å². The Labute approximate surface area is 276 Å². The second kappa shape index (κ2) is 35.6. The van der Waals surface area contributed by atoms with Gasteiger partial charge in [0.1, 0.15) is 0 Å². The van der Waals surface area contributed by atoms with Gasteiger partial charge in [-0.25, -0.2) is 0 Å². The van der Waals surface area contributed by atoms with E-state index in [4.69, 9.17) is 5.73 Å². The van der Waals surface area contributed by atoms with E-state index in [1.54, 1.807) is 0 Å². The van der Waals surface area contributed by atoms with Crippen LogP contribution in [0.1, 0.15) is 194 Å². The summed E-state index contributed by atoms with van der Waals surface area (Å²) < 4.78 is 0. The maximum atomic E-state index is 11.1. The van der Waals surface area contributed by atoms with Crippen LogP contribution < -0.4 is 16.4 Å². The molecule has 0 aliphatic heterocycles. The van der Waals surface area contributed by atoms with Crippen LogP contribution in [0.3, 0.4) is 0 Å². The Balaban J connectivity index is 4.21. The maximum Gasteiger partial charge on any atom is 0.226 e. The predicted molar refractivity (Wildman–Crippen MR) is 194 cm³/mol. The average Bonchev–Trinajstić information content (AvgIpc) is 3.01. The summed E-state index contributed by atoms with van der Waals surface area (Å²) in [6, 6.07) is 0. The molecule has 0 aromatic rings. The molecule has 0 fully saturated rings. The fraction of sp³-hybridized carbons (Fsp3) is 1.00. The van der Waals surface area contributed by atoms with Crippen LogP contribution >= 0.6 is 0 Å². The molecular formula is C38H82N4O2. The molecule has 0 unspecified atom stereocenters. The molecule has 0 radical (unpaired) electrons. The molecule has 0 aliphatic rings. The lowest BCUT2D eigenvalue weighted by Crippen LogP contribution is -2.51. The molecule has 0 amide bonds. The fourth-order valence-electron chi connectivity index (χ4n) is 6.15. The molecule has 0 aliphatic carbocycles. The topological polar surface area (TPSA) is 93.8 Å². The second-order valence-electron chi connectivity index (χ2n) is 13.6. The SMILES string of the molecule is CCCCCCCCCCCCCCN(CCCCCCCCCCCCCC)C(O)(O)CCNCCCCNCCCN. The molecule has 266 valence electrons. The summed E-state index contributed by atoms with van der Waals surface area (Å²) >= 11 is 0. The zero-order chi connectivity index (χ0) is 32.2. The average molecular weight is 627 g/mol. The van der Waals surface area contributed by atoms with Gasteiger partial charge in [0.05, 0.1) is 0 Å². The number of aliphatic hydroxyl groups is 2. The molecular weight excluding hydrogens is 544 g/mol. The lowest BCUT2D eigenvalue weighted by atomic mass is 10.0. The van der Waals surface area contributed by atoms with Crippen molar-refractivity contribution in [1.29, 1.82) is 0 Å². The summed E-state index contributed by atoms with van der Waals surface area (Å²) in [5.74, 6) is -1.72. The van der Waals surface area contributed by atoms with Gasteiger partial charge in [0.2, 0.25) is 5.91 Å². The number of nitrogens with one attached hydrogen (secondary N) is 2. The number of unbranched alkanes of at least 4 members (excludes halogenated alkanes) is 23. The molecule has 0 bridgehead atoms. The van der Waals surface area contributed by atoms with Gasteiger partial charge in [-0.05, 0) is 58.3 Å². The molecule has 0 spiro atoms. The minimum atomic E-state index is -1.72. The van der Waals surface area contributed by atoms with Crippen molar-refractivity contribution >= 4 is 0 Å². The van der Waals surface area contributed by atoms with Crippen molar-refractivity contribution < 1.29 is 10.2 Å². The Hall–Kier alpha value is -0.240. The summed E-state index contributed by atoms with van der Waals surface area (Å²) in [6.45, 7) is 10.5. The van der Waals surface area contributed by atoms with Gasteiger partial charge in [-0.2, -0.15) is 0 Å². The van der Waals surface area contributed by atoms with Gasteiger partial charge in [-0.3, -0.25) is 4.90 Å². The van der Waals surface area contributed by atoms with Crippen LogP contribution in [-0.4, -0.2) is 66.8 Å². The van der Waals surface area contributed by atoms with E-state index < -0.39 is 5.91 Å². The van der Waals surface area contributed by atoms with Gasteiger partial charge >= 0.3 is 0 Å². The fourth-order valence-corrected chi connectivity index (χ4v) is 6.15. The Bertz CT molecular complexity index is 507. The number of rotatable bonds is 38. The van der Waals surface area contributed by atoms with Gasteiger partial charge < -0.3 is 26.6 Å². The third-order valence-electron chi connectivity index (χ3n) is 9.22. The Kier molecular flexibility index (Phi) is 35.4. The summed E-state index contributed by atoms with van der Waals surface area (Å²) in [5, 5.41) is 29.0. The Morgan fingerprint density at radius 2 is 0.750 bits per heavy atom. The number of hydrogen-bond acceptors (Lipinski definition) is 6. The van der Waals surface area contributed by atoms with E-state index in [1.165, 1.54) is 141 Å². The van der Waals surface area contributed by atoms with Crippen molar-refractivity contribution in [3.63, 3.8) is 0 Å². The predicted octanol–water partition coefficient (Wildman–Crippen LogP) is 9.03. The molecule has 0 heterocycles. The monoisotopic (exact) mass is 627 g/mol. The highest BCUT2D eigenvalue weighted by molar-refractivity contribution is 4.71. The molecule has 44 heavy (non-hydrogen) atoms. The first-order valence-electron chi connectivity index (χ1n) is 19.9. The van der Waals surface area contributed by atoms with Crippen molar-refractivity contribution in [2.24, 2.45) is 5.73 Å². The Morgan fingerprint density at radius 3 is 1.11 bits per heavy atom. The minimum absolute atomic E-state index is 0.359. The van der Waals surface area contributed by atoms with E-state index in [1.807, 2.05) is 4.90 Å². The highest BCUT2D eigenvalue weighted by Crippen LogP contribution is 2.18. The second-order valence-corrected chi connectivity index (χ2v) is 13.6. The largest absolute Gasteiger partial charge is 0.353 e. The van der Waals surface area contributed by atoms with Crippen molar-refractivity contribution in [3.05, 3.63) is 0 Å². The van der Waals surface area contributed by atoms with Crippen LogP contribution in [0.5, 0.6) is 0 Å². The van der Waals surface area contributed by atoms with Crippen molar-refractivity contribution in [2.75, 3.05) is 45.8 Å². The van der Waals surface area contributed by atoms with Gasteiger partial charge in [-0.15, -0.1) is 0 Å². The lowest BCUT2D eigenvalue weighted by molar-refractivity contribution is -0.267. The summed E-state index contributed by atoms with van der Waals surface area (Å²) in [7, 11) is 0. The molecule has 6 nitrogen and oxygen atoms in total. The van der Waals surface area contributed by atoms with Crippen LogP contribution in [0.15, 0.2) is 0 Å². The molecule has 6 heteroatoms. The molecule has 0 aromatic heterocycles. The molecule has 0 aromatic carbocycles. The standard InChI is InChI=1S/C38H82N4O2/c1-3-5-7-9-11-13-15-17-19-21-23-27-36-42(37-28-24-22-20-18-16-14-12-10-8-6-4-2)38(43,44)30-35-41-33-26-25-32-40-34-29-31-39/h40-41,43-44H,3-37,39H2,1-2H3. The zero-order valence-electron chi connectivity index (χ0n) is 30.2. The van der Waals surface area contributed by atoms with Crippen LogP contribution in [-0.2, 0) is 0 Å². The lowest BCUT2D eigenvalue weighted by Gasteiger charge is -2.35. The van der Waals surface area contributed by atoms with E-state index >= 15 is 0 Å². The first-order chi connectivity index (χ1) is 21.6. The van der Waals surface area contributed by atoms with E-state index in [-0.39, 0.29) is 0 Å². The van der Waals surface area contributed by atoms with Crippen molar-refractivity contribution in [1.82, 2.24) is 15.5 Å². The molecule has 0 saturated heterocycles. The molecule has 0 atom stereocenters. The highest BCUT2D eigenvalue weighted by Gasteiger charge is 2.30. The van der Waals surface area contributed by atoms with Crippen LogP contribution in [0.4, 0.5) is 0 Å². The van der Waals surface area contributed by atoms with Crippen molar-refractivity contribution in [3.8, 4) is 0 Å². The smallest absolute Gasteiger partial charge is 0.226 e. The van der Waals surface area contributed by atoms with E-state index in [0.717, 1.165) is 71.4 Å².